The van der Waals surface area contributed by atoms with Crippen molar-refractivity contribution >= 4 is 33.6 Å². The molecule has 1 heterocycles. The van der Waals surface area contributed by atoms with Gasteiger partial charge in [-0.2, -0.15) is 0 Å². The van der Waals surface area contributed by atoms with Gasteiger partial charge in [0.15, 0.2) is 0 Å². The molecule has 1 aliphatic rings. The second-order valence-electron chi connectivity index (χ2n) is 4.60. The lowest BCUT2D eigenvalue weighted by Gasteiger charge is -2.30. The zero-order valence-corrected chi connectivity index (χ0v) is 12.0. The third kappa shape index (κ3) is 3.70. The van der Waals surface area contributed by atoms with Crippen LogP contribution in [0.4, 0.5) is 10.5 Å². The number of anilines is 1. The molecule has 0 aromatic heterocycles. The second kappa shape index (κ2) is 6.06. The van der Waals surface area contributed by atoms with Crippen LogP contribution in [0.25, 0.3) is 0 Å². The molecule has 6 heteroatoms. The molecule has 1 fully saturated rings. The first-order chi connectivity index (χ1) is 9.06. The Morgan fingerprint density at radius 3 is 2.32 bits per heavy atom. The van der Waals surface area contributed by atoms with E-state index in [1.165, 1.54) is 0 Å². The fraction of sp³-hybridized carbons (Fsp3) is 0.385. The van der Waals surface area contributed by atoms with Crippen molar-refractivity contribution in [1.82, 2.24) is 4.90 Å². The van der Waals surface area contributed by atoms with E-state index < -0.39 is 0 Å². The predicted molar refractivity (Wildman–Crippen MR) is 76.7 cm³/mol. The number of carbonyl (C=O) groups is 2. The van der Waals surface area contributed by atoms with Crippen molar-refractivity contribution in [2.24, 2.45) is 11.7 Å². The molecule has 0 atom stereocenters. The molecule has 1 aromatic carbocycles. The van der Waals surface area contributed by atoms with Gasteiger partial charge in [0.05, 0.1) is 0 Å². The standard InChI is InChI=1S/C13H16BrN3O2/c14-10-1-3-11(4-2-10)16-13(19)17-7-5-9(6-8-17)12(15)18/h1-4,9H,5-8H2,(H2,15,18)(H,16,19). The van der Waals surface area contributed by atoms with Gasteiger partial charge in [-0.25, -0.2) is 4.79 Å². The molecule has 3 amide bonds. The first kappa shape index (κ1) is 13.9. The summed E-state index contributed by atoms with van der Waals surface area (Å²) in [6.45, 7) is 1.13. The van der Waals surface area contributed by atoms with Gasteiger partial charge < -0.3 is 16.0 Å². The molecule has 3 N–H and O–H groups in total. The van der Waals surface area contributed by atoms with E-state index >= 15 is 0 Å². The Hall–Kier alpha value is -1.56. The van der Waals surface area contributed by atoms with E-state index in [1.54, 1.807) is 4.90 Å². The van der Waals surface area contributed by atoms with Gasteiger partial charge in [-0.3, -0.25) is 4.79 Å². The Morgan fingerprint density at radius 2 is 1.79 bits per heavy atom. The maximum Gasteiger partial charge on any atom is 0.321 e. The van der Waals surface area contributed by atoms with Gasteiger partial charge in [0.1, 0.15) is 0 Å². The SMILES string of the molecule is NC(=O)C1CCN(C(=O)Nc2ccc(Br)cc2)CC1. The number of hydrogen-bond donors (Lipinski definition) is 2. The minimum atomic E-state index is -0.270. The summed E-state index contributed by atoms with van der Waals surface area (Å²) in [5.41, 5.74) is 6.02. The highest BCUT2D eigenvalue weighted by atomic mass is 79.9. The highest BCUT2D eigenvalue weighted by Gasteiger charge is 2.25. The van der Waals surface area contributed by atoms with Crippen LogP contribution in [-0.2, 0) is 4.79 Å². The van der Waals surface area contributed by atoms with Crippen LogP contribution in [-0.4, -0.2) is 29.9 Å². The van der Waals surface area contributed by atoms with Crippen LogP contribution in [0.3, 0.4) is 0 Å². The fourth-order valence-corrected chi connectivity index (χ4v) is 2.37. The maximum absolute atomic E-state index is 12.0. The molecule has 5 nitrogen and oxygen atoms in total. The van der Waals surface area contributed by atoms with Gasteiger partial charge >= 0.3 is 6.03 Å². The van der Waals surface area contributed by atoms with Crippen LogP contribution >= 0.6 is 15.9 Å². The number of primary amides is 1. The molecule has 0 saturated carbocycles. The number of nitrogens with zero attached hydrogens (tertiary/aromatic N) is 1. The number of amides is 3. The first-order valence-electron chi connectivity index (χ1n) is 6.17. The van der Waals surface area contributed by atoms with Crippen molar-refractivity contribution in [2.45, 2.75) is 12.8 Å². The van der Waals surface area contributed by atoms with Crippen molar-refractivity contribution < 1.29 is 9.59 Å². The summed E-state index contributed by atoms with van der Waals surface area (Å²) in [6, 6.07) is 7.27. The fourth-order valence-electron chi connectivity index (χ4n) is 2.10. The summed E-state index contributed by atoms with van der Waals surface area (Å²) in [7, 11) is 0. The summed E-state index contributed by atoms with van der Waals surface area (Å²) in [5.74, 6) is -0.371. The number of nitrogens with one attached hydrogen (secondary N) is 1. The van der Waals surface area contributed by atoms with Crippen LogP contribution in [0.2, 0.25) is 0 Å². The molecular weight excluding hydrogens is 310 g/mol. The van der Waals surface area contributed by atoms with E-state index in [-0.39, 0.29) is 17.9 Å². The molecule has 0 unspecified atom stereocenters. The molecule has 0 bridgehead atoms. The number of urea groups is 1. The molecule has 1 saturated heterocycles. The Bertz CT molecular complexity index is 467. The summed E-state index contributed by atoms with van der Waals surface area (Å²) < 4.78 is 0.966. The molecule has 0 aliphatic carbocycles. The van der Waals surface area contributed by atoms with Gasteiger partial charge in [-0.15, -0.1) is 0 Å². The lowest BCUT2D eigenvalue weighted by Crippen LogP contribution is -2.43. The van der Waals surface area contributed by atoms with Crippen molar-refractivity contribution in [3.8, 4) is 0 Å². The smallest absolute Gasteiger partial charge is 0.321 e. The average Bonchev–Trinajstić information content (AvgIpc) is 2.41. The van der Waals surface area contributed by atoms with E-state index in [2.05, 4.69) is 21.2 Å². The highest BCUT2D eigenvalue weighted by molar-refractivity contribution is 9.10. The van der Waals surface area contributed by atoms with Crippen molar-refractivity contribution in [2.75, 3.05) is 18.4 Å². The van der Waals surface area contributed by atoms with E-state index in [9.17, 15) is 9.59 Å². The summed E-state index contributed by atoms with van der Waals surface area (Å²) in [4.78, 5) is 24.8. The minimum absolute atomic E-state index is 0.100. The largest absolute Gasteiger partial charge is 0.369 e. The monoisotopic (exact) mass is 325 g/mol. The molecule has 0 radical (unpaired) electrons. The van der Waals surface area contributed by atoms with E-state index in [0.29, 0.717) is 25.9 Å². The van der Waals surface area contributed by atoms with Gasteiger partial charge in [0.2, 0.25) is 5.91 Å². The topological polar surface area (TPSA) is 75.4 Å². The van der Waals surface area contributed by atoms with E-state index in [4.69, 9.17) is 5.73 Å². The zero-order chi connectivity index (χ0) is 13.8. The lowest BCUT2D eigenvalue weighted by atomic mass is 9.96. The Balaban J connectivity index is 1.88. The number of rotatable bonds is 2. The van der Waals surface area contributed by atoms with Crippen LogP contribution in [0.15, 0.2) is 28.7 Å². The van der Waals surface area contributed by atoms with Crippen LogP contribution < -0.4 is 11.1 Å². The van der Waals surface area contributed by atoms with Gasteiger partial charge in [-0.05, 0) is 37.1 Å². The molecular formula is C13H16BrN3O2. The summed E-state index contributed by atoms with van der Waals surface area (Å²) in [6.07, 6.45) is 1.28. The molecule has 1 aliphatic heterocycles. The Labute approximate surface area is 120 Å². The van der Waals surface area contributed by atoms with Gasteiger partial charge in [-0.1, -0.05) is 15.9 Å². The Kier molecular flexibility index (Phi) is 4.42. The minimum Gasteiger partial charge on any atom is -0.369 e. The van der Waals surface area contributed by atoms with Crippen LogP contribution in [0.1, 0.15) is 12.8 Å². The summed E-state index contributed by atoms with van der Waals surface area (Å²) >= 11 is 3.34. The predicted octanol–water partition coefficient (Wildman–Crippen LogP) is 2.18. The zero-order valence-electron chi connectivity index (χ0n) is 10.4. The van der Waals surface area contributed by atoms with E-state index in [0.717, 1.165) is 10.2 Å². The molecule has 1 aromatic rings. The second-order valence-corrected chi connectivity index (χ2v) is 5.52. The number of carbonyl (C=O) groups excluding carboxylic acids is 2. The van der Waals surface area contributed by atoms with Crippen LogP contribution in [0, 0.1) is 5.92 Å². The lowest BCUT2D eigenvalue weighted by molar-refractivity contribution is -0.122. The highest BCUT2D eigenvalue weighted by Crippen LogP contribution is 2.18. The molecule has 0 spiro atoms. The van der Waals surface area contributed by atoms with E-state index in [1.807, 2.05) is 24.3 Å². The number of benzene rings is 1. The number of likely N-dealkylation sites (tertiary alicyclic amines) is 1. The quantitative estimate of drug-likeness (QED) is 0.874. The van der Waals surface area contributed by atoms with Gasteiger partial charge in [0, 0.05) is 29.2 Å². The number of halogens is 1. The van der Waals surface area contributed by atoms with Crippen molar-refractivity contribution in [3.05, 3.63) is 28.7 Å². The average molecular weight is 326 g/mol. The van der Waals surface area contributed by atoms with Crippen molar-refractivity contribution in [3.63, 3.8) is 0 Å². The number of hydrogen-bond acceptors (Lipinski definition) is 2. The molecule has 19 heavy (non-hydrogen) atoms. The summed E-state index contributed by atoms with van der Waals surface area (Å²) in [5, 5.41) is 2.83. The third-order valence-electron chi connectivity index (χ3n) is 3.28. The van der Waals surface area contributed by atoms with Crippen molar-refractivity contribution in [1.29, 1.82) is 0 Å². The maximum atomic E-state index is 12.0. The number of nitrogens with two attached hydrogens (primary N) is 1. The first-order valence-corrected chi connectivity index (χ1v) is 6.96. The van der Waals surface area contributed by atoms with Crippen LogP contribution in [0.5, 0.6) is 0 Å². The third-order valence-corrected chi connectivity index (χ3v) is 3.81. The molecule has 102 valence electrons. The Morgan fingerprint density at radius 1 is 1.21 bits per heavy atom. The normalized spacial score (nSPS) is 16.2. The molecule has 2 rings (SSSR count). The number of piperidine rings is 1. The van der Waals surface area contributed by atoms with Gasteiger partial charge in [0.25, 0.3) is 0 Å².